The number of hydrogen-bond donors (Lipinski definition) is 1. The molecule has 17 heavy (non-hydrogen) atoms. The summed E-state index contributed by atoms with van der Waals surface area (Å²) in [5.74, 6) is -0.280. The third-order valence-corrected chi connectivity index (χ3v) is 2.68. The van der Waals surface area contributed by atoms with Crippen molar-refractivity contribution in [2.24, 2.45) is 0 Å². The van der Waals surface area contributed by atoms with Crippen molar-refractivity contribution in [3.8, 4) is 0 Å². The molecule has 0 spiro atoms. The number of aryl methyl sites for hydroxylation is 1. The molecule has 3 heteroatoms. The molecule has 0 amide bonds. The molecule has 0 aliphatic heterocycles. The van der Waals surface area contributed by atoms with E-state index in [2.05, 4.69) is 4.98 Å². The zero-order valence-electron chi connectivity index (χ0n) is 9.60. The van der Waals surface area contributed by atoms with E-state index in [1.807, 2.05) is 13.0 Å². The lowest BCUT2D eigenvalue weighted by molar-refractivity contribution is 0.177. The van der Waals surface area contributed by atoms with Gasteiger partial charge in [-0.25, -0.2) is 4.39 Å². The monoisotopic (exact) mass is 231 g/mol. The number of pyridine rings is 1. The quantitative estimate of drug-likeness (QED) is 0.881. The van der Waals surface area contributed by atoms with E-state index in [9.17, 15) is 9.50 Å². The number of rotatable bonds is 3. The Labute approximate surface area is 99.8 Å². The number of nitrogens with zero attached hydrogens (tertiary/aromatic N) is 1. The SMILES string of the molecule is Cc1cc(C(O)Cc2ccccc2F)ccn1. The first-order chi connectivity index (χ1) is 8.16. The third-order valence-electron chi connectivity index (χ3n) is 2.68. The van der Waals surface area contributed by atoms with Crippen LogP contribution in [0.1, 0.15) is 22.9 Å². The predicted octanol–water partition coefficient (Wildman–Crippen LogP) is 2.81. The molecule has 0 saturated heterocycles. The average Bonchev–Trinajstić information content (AvgIpc) is 2.32. The largest absolute Gasteiger partial charge is 0.388 e. The van der Waals surface area contributed by atoms with Crippen LogP contribution in [-0.2, 0) is 6.42 Å². The zero-order valence-corrected chi connectivity index (χ0v) is 9.60. The van der Waals surface area contributed by atoms with Crippen LogP contribution in [0.25, 0.3) is 0 Å². The van der Waals surface area contributed by atoms with Crippen LogP contribution in [0.2, 0.25) is 0 Å². The van der Waals surface area contributed by atoms with Crippen molar-refractivity contribution in [2.45, 2.75) is 19.4 Å². The molecule has 2 rings (SSSR count). The van der Waals surface area contributed by atoms with Crippen LogP contribution in [0.15, 0.2) is 42.6 Å². The molecule has 0 radical (unpaired) electrons. The Kier molecular flexibility index (Phi) is 3.49. The molecule has 0 aliphatic rings. The molecular weight excluding hydrogens is 217 g/mol. The molecule has 1 unspecified atom stereocenters. The Morgan fingerprint density at radius 2 is 2.06 bits per heavy atom. The lowest BCUT2D eigenvalue weighted by Crippen LogP contribution is -2.04. The summed E-state index contributed by atoms with van der Waals surface area (Å²) in [6, 6.07) is 10.1. The van der Waals surface area contributed by atoms with Crippen LogP contribution in [-0.4, -0.2) is 10.1 Å². The zero-order chi connectivity index (χ0) is 12.3. The van der Waals surface area contributed by atoms with E-state index in [1.165, 1.54) is 6.07 Å². The number of hydrogen-bond acceptors (Lipinski definition) is 2. The lowest BCUT2D eigenvalue weighted by atomic mass is 10.0. The minimum absolute atomic E-state index is 0.274. The van der Waals surface area contributed by atoms with E-state index in [0.717, 1.165) is 11.3 Å². The Morgan fingerprint density at radius 1 is 1.29 bits per heavy atom. The van der Waals surface area contributed by atoms with E-state index < -0.39 is 6.10 Å². The summed E-state index contributed by atoms with van der Waals surface area (Å²) in [6.07, 6.45) is 1.22. The van der Waals surface area contributed by atoms with Gasteiger partial charge in [0.2, 0.25) is 0 Å². The van der Waals surface area contributed by atoms with Gasteiger partial charge < -0.3 is 5.11 Å². The predicted molar refractivity (Wildman–Crippen MR) is 64.0 cm³/mol. The number of aliphatic hydroxyl groups excluding tert-OH is 1. The molecule has 2 aromatic rings. The molecule has 0 aliphatic carbocycles. The fourth-order valence-electron chi connectivity index (χ4n) is 1.76. The Hall–Kier alpha value is -1.74. The molecule has 1 aromatic carbocycles. The Balaban J connectivity index is 2.17. The molecule has 88 valence electrons. The highest BCUT2D eigenvalue weighted by atomic mass is 19.1. The summed E-state index contributed by atoms with van der Waals surface area (Å²) >= 11 is 0. The van der Waals surface area contributed by atoms with E-state index in [1.54, 1.807) is 30.5 Å². The minimum Gasteiger partial charge on any atom is -0.388 e. The van der Waals surface area contributed by atoms with E-state index in [4.69, 9.17) is 0 Å². The first-order valence-corrected chi connectivity index (χ1v) is 5.51. The maximum atomic E-state index is 13.4. The molecule has 0 fully saturated rings. The number of benzene rings is 1. The van der Waals surface area contributed by atoms with Gasteiger partial charge in [0.25, 0.3) is 0 Å². The second-order valence-electron chi connectivity index (χ2n) is 4.04. The van der Waals surface area contributed by atoms with E-state index in [-0.39, 0.29) is 12.2 Å². The topological polar surface area (TPSA) is 33.1 Å². The number of aliphatic hydroxyl groups is 1. The summed E-state index contributed by atoms with van der Waals surface area (Å²) in [7, 11) is 0. The highest BCUT2D eigenvalue weighted by Gasteiger charge is 2.11. The van der Waals surface area contributed by atoms with Crippen molar-refractivity contribution >= 4 is 0 Å². The van der Waals surface area contributed by atoms with Gasteiger partial charge in [-0.3, -0.25) is 4.98 Å². The van der Waals surface area contributed by atoms with Gasteiger partial charge in [0.15, 0.2) is 0 Å². The van der Waals surface area contributed by atoms with Crippen molar-refractivity contribution < 1.29 is 9.50 Å². The first kappa shape index (κ1) is 11.7. The van der Waals surface area contributed by atoms with Crippen molar-refractivity contribution in [3.05, 3.63) is 65.2 Å². The molecular formula is C14H14FNO. The highest BCUT2D eigenvalue weighted by Crippen LogP contribution is 2.19. The second kappa shape index (κ2) is 5.06. The van der Waals surface area contributed by atoms with Gasteiger partial charge in [0.1, 0.15) is 5.82 Å². The van der Waals surface area contributed by atoms with Gasteiger partial charge >= 0.3 is 0 Å². The van der Waals surface area contributed by atoms with Crippen LogP contribution in [0.4, 0.5) is 4.39 Å². The molecule has 0 saturated carbocycles. The fraction of sp³-hybridized carbons (Fsp3) is 0.214. The first-order valence-electron chi connectivity index (χ1n) is 5.51. The summed E-state index contributed by atoms with van der Waals surface area (Å²) in [5.41, 5.74) is 2.13. The maximum Gasteiger partial charge on any atom is 0.126 e. The molecule has 1 aromatic heterocycles. The van der Waals surface area contributed by atoms with Crippen molar-refractivity contribution in [3.63, 3.8) is 0 Å². The smallest absolute Gasteiger partial charge is 0.126 e. The van der Waals surface area contributed by atoms with Crippen molar-refractivity contribution in [1.82, 2.24) is 4.98 Å². The average molecular weight is 231 g/mol. The van der Waals surface area contributed by atoms with Gasteiger partial charge in [-0.15, -0.1) is 0 Å². The molecule has 1 heterocycles. The van der Waals surface area contributed by atoms with Crippen LogP contribution >= 0.6 is 0 Å². The second-order valence-corrected chi connectivity index (χ2v) is 4.04. The normalized spacial score (nSPS) is 12.4. The van der Waals surface area contributed by atoms with Crippen LogP contribution in [0.3, 0.4) is 0 Å². The molecule has 2 nitrogen and oxygen atoms in total. The van der Waals surface area contributed by atoms with E-state index in [0.29, 0.717) is 5.56 Å². The Morgan fingerprint density at radius 3 is 2.76 bits per heavy atom. The van der Waals surface area contributed by atoms with Crippen LogP contribution in [0.5, 0.6) is 0 Å². The molecule has 1 N–H and O–H groups in total. The van der Waals surface area contributed by atoms with Crippen molar-refractivity contribution in [1.29, 1.82) is 0 Å². The number of aromatic nitrogens is 1. The molecule has 0 bridgehead atoms. The summed E-state index contributed by atoms with van der Waals surface area (Å²) < 4.78 is 13.4. The minimum atomic E-state index is -0.700. The van der Waals surface area contributed by atoms with Gasteiger partial charge in [-0.05, 0) is 36.2 Å². The highest BCUT2D eigenvalue weighted by molar-refractivity contribution is 5.23. The van der Waals surface area contributed by atoms with Gasteiger partial charge in [0, 0.05) is 18.3 Å². The summed E-state index contributed by atoms with van der Waals surface area (Å²) in [4.78, 5) is 4.06. The van der Waals surface area contributed by atoms with Crippen molar-refractivity contribution in [2.75, 3.05) is 0 Å². The van der Waals surface area contributed by atoms with E-state index >= 15 is 0 Å². The standard InChI is InChI=1S/C14H14FNO/c1-10-8-12(6-7-16-10)14(17)9-11-4-2-3-5-13(11)15/h2-8,14,17H,9H2,1H3. The third kappa shape index (κ3) is 2.88. The van der Waals surface area contributed by atoms with Gasteiger partial charge in [-0.1, -0.05) is 18.2 Å². The fourth-order valence-corrected chi connectivity index (χ4v) is 1.76. The summed E-state index contributed by atoms with van der Waals surface area (Å²) in [5, 5.41) is 10.0. The Bertz CT molecular complexity index is 513. The van der Waals surface area contributed by atoms with Crippen LogP contribution in [0, 0.1) is 12.7 Å². The van der Waals surface area contributed by atoms with Gasteiger partial charge in [-0.2, -0.15) is 0 Å². The number of halogens is 1. The lowest BCUT2D eigenvalue weighted by Gasteiger charge is -2.11. The van der Waals surface area contributed by atoms with Gasteiger partial charge in [0.05, 0.1) is 6.10 Å². The molecule has 1 atom stereocenters. The van der Waals surface area contributed by atoms with Crippen LogP contribution < -0.4 is 0 Å². The summed E-state index contributed by atoms with van der Waals surface area (Å²) in [6.45, 7) is 1.86. The maximum absolute atomic E-state index is 13.4.